The number of ether oxygens (including phenoxy) is 1. The zero-order chi connectivity index (χ0) is 23.5. The van der Waals surface area contributed by atoms with Crippen LogP contribution in [0, 0.1) is 5.82 Å². The molecular weight excluding hydrogens is 447 g/mol. The molecule has 170 valence electrons. The number of aryl methyl sites for hydroxylation is 1. The SMILES string of the molecule is Cn1cc(C(=O)CC(c2ccc(C(=O)NC3COC3)c(F)c2)c2ccccc2Cl)ccc1=O. The van der Waals surface area contributed by atoms with Crippen LogP contribution in [0.1, 0.15) is 44.2 Å². The fraction of sp³-hybridized carbons (Fsp3) is 0.240. The quantitative estimate of drug-likeness (QED) is 0.536. The summed E-state index contributed by atoms with van der Waals surface area (Å²) in [5, 5.41) is 3.17. The molecule has 4 rings (SSSR count). The molecule has 1 aliphatic rings. The molecule has 3 aromatic rings. The average Bonchev–Trinajstić information content (AvgIpc) is 2.76. The first-order valence-electron chi connectivity index (χ1n) is 10.5. The summed E-state index contributed by atoms with van der Waals surface area (Å²) < 4.78 is 21.3. The molecule has 6 nitrogen and oxygen atoms in total. The van der Waals surface area contributed by atoms with Crippen molar-refractivity contribution < 1.29 is 18.7 Å². The van der Waals surface area contributed by atoms with Crippen LogP contribution in [0.5, 0.6) is 0 Å². The van der Waals surface area contributed by atoms with Gasteiger partial charge in [0.15, 0.2) is 5.78 Å². The fourth-order valence-electron chi connectivity index (χ4n) is 3.74. The minimum Gasteiger partial charge on any atom is -0.377 e. The Hall–Kier alpha value is -3.29. The maximum Gasteiger partial charge on any atom is 0.254 e. The van der Waals surface area contributed by atoms with Crippen molar-refractivity contribution in [3.05, 3.63) is 104 Å². The number of aromatic nitrogens is 1. The fourth-order valence-corrected chi connectivity index (χ4v) is 4.01. The highest BCUT2D eigenvalue weighted by atomic mass is 35.5. The van der Waals surface area contributed by atoms with Crippen molar-refractivity contribution in [3.8, 4) is 0 Å². The molecule has 2 heterocycles. The molecule has 1 amide bonds. The van der Waals surface area contributed by atoms with Gasteiger partial charge < -0.3 is 14.6 Å². The second-order valence-corrected chi connectivity index (χ2v) is 8.42. The molecule has 33 heavy (non-hydrogen) atoms. The van der Waals surface area contributed by atoms with Crippen molar-refractivity contribution in [2.75, 3.05) is 13.2 Å². The van der Waals surface area contributed by atoms with Crippen molar-refractivity contribution in [2.24, 2.45) is 7.05 Å². The lowest BCUT2D eigenvalue weighted by Gasteiger charge is -2.27. The third-order valence-corrected chi connectivity index (χ3v) is 6.04. The monoisotopic (exact) mass is 468 g/mol. The van der Waals surface area contributed by atoms with E-state index in [9.17, 15) is 18.8 Å². The summed E-state index contributed by atoms with van der Waals surface area (Å²) >= 11 is 6.42. The van der Waals surface area contributed by atoms with Crippen LogP contribution in [0.15, 0.2) is 65.6 Å². The summed E-state index contributed by atoms with van der Waals surface area (Å²) in [6.07, 6.45) is 1.48. The summed E-state index contributed by atoms with van der Waals surface area (Å²) in [6.45, 7) is 0.820. The van der Waals surface area contributed by atoms with Gasteiger partial charge in [-0.3, -0.25) is 14.4 Å². The standard InChI is InChI=1S/C25H22ClFN2O4/c1-29-12-16(7-9-24(29)31)23(30)11-20(18-4-2-3-5-21(18)26)15-6-8-19(22(27)10-15)25(32)28-17-13-33-14-17/h2-10,12,17,20H,11,13-14H2,1H3,(H,28,32). The summed E-state index contributed by atoms with van der Waals surface area (Å²) in [7, 11) is 1.57. The number of nitrogens with zero attached hydrogens (tertiary/aromatic N) is 1. The Morgan fingerprint density at radius 2 is 1.94 bits per heavy atom. The molecule has 1 aliphatic heterocycles. The molecule has 0 radical (unpaired) electrons. The lowest BCUT2D eigenvalue weighted by Crippen LogP contribution is -2.48. The summed E-state index contributed by atoms with van der Waals surface area (Å²) in [4.78, 5) is 37.1. The van der Waals surface area contributed by atoms with Gasteiger partial charge in [-0.1, -0.05) is 35.9 Å². The van der Waals surface area contributed by atoms with Crippen molar-refractivity contribution in [3.63, 3.8) is 0 Å². The van der Waals surface area contributed by atoms with E-state index in [1.807, 2.05) is 0 Å². The summed E-state index contributed by atoms with van der Waals surface area (Å²) in [6, 6.07) is 14.1. The van der Waals surface area contributed by atoms with E-state index in [1.165, 1.54) is 35.0 Å². The normalized spacial score (nSPS) is 14.4. The number of rotatable bonds is 7. The number of pyridine rings is 1. The first-order chi connectivity index (χ1) is 15.8. The highest BCUT2D eigenvalue weighted by Crippen LogP contribution is 2.34. The minimum atomic E-state index is -0.683. The zero-order valence-corrected chi connectivity index (χ0v) is 18.6. The van der Waals surface area contributed by atoms with Gasteiger partial charge in [0, 0.05) is 42.2 Å². The van der Waals surface area contributed by atoms with Crippen molar-refractivity contribution in [1.82, 2.24) is 9.88 Å². The molecule has 0 aliphatic carbocycles. The lowest BCUT2D eigenvalue weighted by molar-refractivity contribution is -0.00353. The van der Waals surface area contributed by atoms with Gasteiger partial charge in [-0.05, 0) is 35.4 Å². The maximum absolute atomic E-state index is 15.0. The van der Waals surface area contributed by atoms with Crippen LogP contribution in [0.4, 0.5) is 4.39 Å². The highest BCUT2D eigenvalue weighted by Gasteiger charge is 2.25. The predicted molar refractivity (Wildman–Crippen MR) is 122 cm³/mol. The number of Topliss-reactive ketones (excluding diaryl/α,β-unsaturated/α-hetero) is 1. The van der Waals surface area contributed by atoms with Gasteiger partial charge in [0.1, 0.15) is 5.82 Å². The van der Waals surface area contributed by atoms with Crippen LogP contribution < -0.4 is 10.9 Å². The number of hydrogen-bond acceptors (Lipinski definition) is 4. The average molecular weight is 469 g/mol. The van der Waals surface area contributed by atoms with E-state index < -0.39 is 17.6 Å². The van der Waals surface area contributed by atoms with Crippen LogP contribution in [-0.2, 0) is 11.8 Å². The largest absolute Gasteiger partial charge is 0.377 e. The van der Waals surface area contributed by atoms with Crippen LogP contribution in [-0.4, -0.2) is 35.5 Å². The van der Waals surface area contributed by atoms with Gasteiger partial charge in [-0.2, -0.15) is 0 Å². The first kappa shape index (κ1) is 22.9. The summed E-state index contributed by atoms with van der Waals surface area (Å²) in [5.74, 6) is -1.96. The van der Waals surface area contributed by atoms with Gasteiger partial charge in [0.25, 0.3) is 5.91 Å². The molecule has 1 atom stereocenters. The number of ketones is 1. The Bertz CT molecular complexity index is 1270. The topological polar surface area (TPSA) is 77.4 Å². The molecule has 0 bridgehead atoms. The van der Waals surface area contributed by atoms with Crippen LogP contribution in [0.25, 0.3) is 0 Å². The van der Waals surface area contributed by atoms with E-state index in [1.54, 1.807) is 37.4 Å². The molecule has 2 aromatic carbocycles. The molecule has 0 spiro atoms. The van der Waals surface area contributed by atoms with E-state index in [0.717, 1.165) is 0 Å². The Balaban J connectivity index is 1.66. The van der Waals surface area contributed by atoms with Crippen molar-refractivity contribution in [2.45, 2.75) is 18.4 Å². The smallest absolute Gasteiger partial charge is 0.254 e. The lowest BCUT2D eigenvalue weighted by atomic mass is 9.85. The highest BCUT2D eigenvalue weighted by molar-refractivity contribution is 6.31. The number of carbonyl (C=O) groups is 2. The van der Waals surface area contributed by atoms with Crippen molar-refractivity contribution >= 4 is 23.3 Å². The Morgan fingerprint density at radius 3 is 2.58 bits per heavy atom. The Labute approximate surface area is 195 Å². The number of amides is 1. The molecule has 1 N–H and O–H groups in total. The number of benzene rings is 2. The first-order valence-corrected chi connectivity index (χ1v) is 10.8. The maximum atomic E-state index is 15.0. The van der Waals surface area contributed by atoms with Crippen LogP contribution in [0.3, 0.4) is 0 Å². The molecule has 1 saturated heterocycles. The molecular formula is C25H22ClFN2O4. The van der Waals surface area contributed by atoms with Gasteiger partial charge >= 0.3 is 0 Å². The second kappa shape index (κ2) is 9.68. The molecule has 1 fully saturated rings. The van der Waals surface area contributed by atoms with Crippen molar-refractivity contribution in [1.29, 1.82) is 0 Å². The minimum absolute atomic E-state index is 0.00628. The second-order valence-electron chi connectivity index (χ2n) is 8.02. The summed E-state index contributed by atoms with van der Waals surface area (Å²) in [5.41, 5.74) is 1.25. The number of halogens is 2. The Morgan fingerprint density at radius 1 is 1.18 bits per heavy atom. The van der Waals surface area contributed by atoms with Gasteiger partial charge in [0.2, 0.25) is 5.56 Å². The van der Waals surface area contributed by atoms with Crippen LogP contribution in [0.2, 0.25) is 5.02 Å². The Kier molecular flexibility index (Phi) is 6.72. The number of carbonyl (C=O) groups excluding carboxylic acids is 2. The molecule has 1 aromatic heterocycles. The van der Waals surface area contributed by atoms with E-state index in [-0.39, 0.29) is 29.4 Å². The number of nitrogens with one attached hydrogen (secondary N) is 1. The molecule has 1 unspecified atom stereocenters. The van der Waals surface area contributed by atoms with Crippen LogP contribution >= 0.6 is 11.6 Å². The zero-order valence-electron chi connectivity index (χ0n) is 17.9. The van der Waals surface area contributed by atoms with Gasteiger partial charge in [-0.25, -0.2) is 4.39 Å². The molecule has 0 saturated carbocycles. The van der Waals surface area contributed by atoms with E-state index in [0.29, 0.717) is 34.9 Å². The number of hydrogen-bond donors (Lipinski definition) is 1. The third-order valence-electron chi connectivity index (χ3n) is 5.69. The predicted octanol–water partition coefficient (Wildman–Crippen LogP) is 3.71. The van der Waals surface area contributed by atoms with E-state index in [4.69, 9.17) is 16.3 Å². The van der Waals surface area contributed by atoms with E-state index in [2.05, 4.69) is 5.32 Å². The van der Waals surface area contributed by atoms with Gasteiger partial charge in [0.05, 0.1) is 24.8 Å². The van der Waals surface area contributed by atoms with E-state index >= 15 is 0 Å². The molecule has 8 heteroatoms. The van der Waals surface area contributed by atoms with Gasteiger partial charge in [-0.15, -0.1) is 0 Å². The third kappa shape index (κ3) is 5.05.